The van der Waals surface area contributed by atoms with Crippen LogP contribution >= 0.6 is 0 Å². The van der Waals surface area contributed by atoms with E-state index < -0.39 is 11.7 Å². The van der Waals surface area contributed by atoms with Crippen molar-refractivity contribution in [1.82, 2.24) is 24.8 Å². The zero-order valence-corrected chi connectivity index (χ0v) is 18.3. The largest absolute Gasteiger partial charge is 0.417 e. The van der Waals surface area contributed by atoms with Crippen molar-refractivity contribution in [2.45, 2.75) is 64.6 Å². The van der Waals surface area contributed by atoms with Gasteiger partial charge in [-0.2, -0.15) is 18.3 Å². The van der Waals surface area contributed by atoms with E-state index in [0.717, 1.165) is 11.6 Å². The van der Waals surface area contributed by atoms with Gasteiger partial charge in [0.1, 0.15) is 0 Å². The molecule has 1 fully saturated rings. The fourth-order valence-electron chi connectivity index (χ4n) is 4.17. The molecule has 0 unspecified atom stereocenters. The van der Waals surface area contributed by atoms with Crippen LogP contribution in [-0.2, 0) is 17.5 Å². The smallest absolute Gasteiger partial charge is 0.342 e. The van der Waals surface area contributed by atoms with E-state index in [1.807, 2.05) is 13.1 Å². The maximum atomic E-state index is 13.9. The van der Waals surface area contributed by atoms with Crippen LogP contribution in [0.2, 0.25) is 0 Å². The molecule has 1 aliphatic heterocycles. The van der Waals surface area contributed by atoms with Crippen LogP contribution in [0.15, 0.2) is 23.0 Å². The Morgan fingerprint density at radius 1 is 1.34 bits per heavy atom. The van der Waals surface area contributed by atoms with E-state index in [-0.39, 0.29) is 41.0 Å². The standard InChI is InChI=1S/C22H26F3N5O2/c1-13(2)17-9-16(22(23,24)25)19-20(28-32-21(19)27-17)15-5-4-7-29(12-15)18(31)6-8-30-11-14(3)10-26-30/h9-11,13,15H,4-8,12H2,1-3H3/t15-/m0/s1. The van der Waals surface area contributed by atoms with Crippen molar-refractivity contribution in [3.8, 4) is 0 Å². The van der Waals surface area contributed by atoms with Crippen LogP contribution < -0.4 is 0 Å². The molecule has 0 saturated carbocycles. The lowest BCUT2D eigenvalue weighted by atomic mass is 9.91. The lowest BCUT2D eigenvalue weighted by Gasteiger charge is -2.32. The Hall–Kier alpha value is -2.91. The van der Waals surface area contributed by atoms with E-state index in [9.17, 15) is 18.0 Å². The monoisotopic (exact) mass is 449 g/mol. The van der Waals surface area contributed by atoms with Gasteiger partial charge in [0, 0.05) is 43.9 Å². The van der Waals surface area contributed by atoms with E-state index in [4.69, 9.17) is 4.52 Å². The molecule has 3 aromatic rings. The lowest BCUT2D eigenvalue weighted by molar-refractivity contribution is -0.136. The van der Waals surface area contributed by atoms with Crippen molar-refractivity contribution in [1.29, 1.82) is 0 Å². The van der Waals surface area contributed by atoms with Gasteiger partial charge in [0.05, 0.1) is 22.8 Å². The van der Waals surface area contributed by atoms with Gasteiger partial charge in [-0.15, -0.1) is 0 Å². The number of hydrogen-bond donors (Lipinski definition) is 0. The molecule has 0 radical (unpaired) electrons. The normalized spacial score (nSPS) is 17.5. The van der Waals surface area contributed by atoms with E-state index in [0.29, 0.717) is 38.2 Å². The fraction of sp³-hybridized carbons (Fsp3) is 0.545. The molecule has 0 aliphatic carbocycles. The predicted molar refractivity (Wildman–Crippen MR) is 111 cm³/mol. The van der Waals surface area contributed by atoms with Gasteiger partial charge in [-0.1, -0.05) is 19.0 Å². The number of nitrogens with zero attached hydrogens (tertiary/aromatic N) is 5. The first-order chi connectivity index (χ1) is 15.1. The van der Waals surface area contributed by atoms with Gasteiger partial charge < -0.3 is 9.42 Å². The number of amides is 1. The Balaban J connectivity index is 1.57. The first-order valence-electron chi connectivity index (χ1n) is 10.8. The average molecular weight is 449 g/mol. The molecule has 32 heavy (non-hydrogen) atoms. The second-order valence-electron chi connectivity index (χ2n) is 8.70. The summed E-state index contributed by atoms with van der Waals surface area (Å²) >= 11 is 0. The van der Waals surface area contributed by atoms with Crippen LogP contribution in [0.25, 0.3) is 11.1 Å². The van der Waals surface area contributed by atoms with Crippen LogP contribution in [0.3, 0.4) is 0 Å². The van der Waals surface area contributed by atoms with E-state index in [1.165, 1.54) is 0 Å². The summed E-state index contributed by atoms with van der Waals surface area (Å²) in [6.45, 7) is 6.83. The molecule has 4 rings (SSSR count). The van der Waals surface area contributed by atoms with Gasteiger partial charge in [-0.25, -0.2) is 4.98 Å². The highest BCUT2D eigenvalue weighted by Crippen LogP contribution is 2.40. The zero-order chi connectivity index (χ0) is 23.0. The van der Waals surface area contributed by atoms with Crippen molar-refractivity contribution in [3.63, 3.8) is 0 Å². The number of aromatic nitrogens is 4. The second-order valence-corrected chi connectivity index (χ2v) is 8.70. The summed E-state index contributed by atoms with van der Waals surface area (Å²) in [6.07, 6.45) is 0.633. The van der Waals surface area contributed by atoms with Gasteiger partial charge in [0.15, 0.2) is 0 Å². The number of carbonyl (C=O) groups is 1. The van der Waals surface area contributed by atoms with Gasteiger partial charge in [-0.05, 0) is 37.3 Å². The first kappa shape index (κ1) is 22.3. The summed E-state index contributed by atoms with van der Waals surface area (Å²) in [4.78, 5) is 18.7. The van der Waals surface area contributed by atoms with Gasteiger partial charge >= 0.3 is 6.18 Å². The van der Waals surface area contributed by atoms with Crippen molar-refractivity contribution >= 4 is 17.0 Å². The van der Waals surface area contributed by atoms with Gasteiger partial charge in [0.2, 0.25) is 5.91 Å². The van der Waals surface area contributed by atoms with Crippen molar-refractivity contribution in [2.24, 2.45) is 0 Å². The SMILES string of the molecule is Cc1cnn(CCC(=O)N2CCC[C@H](c3noc4nc(C(C)C)cc(C(F)(F)F)c34)C2)c1. The Bertz CT molecular complexity index is 1120. The lowest BCUT2D eigenvalue weighted by Crippen LogP contribution is -2.39. The van der Waals surface area contributed by atoms with Gasteiger partial charge in [-0.3, -0.25) is 9.48 Å². The predicted octanol–water partition coefficient (Wildman–Crippen LogP) is 4.67. The molecule has 1 aliphatic rings. The number of likely N-dealkylation sites (tertiary alicyclic amines) is 1. The number of rotatable bonds is 5. The zero-order valence-electron chi connectivity index (χ0n) is 18.3. The molecule has 172 valence electrons. The van der Waals surface area contributed by atoms with Crippen molar-refractivity contribution in [3.05, 3.63) is 41.0 Å². The van der Waals surface area contributed by atoms with Crippen molar-refractivity contribution in [2.75, 3.05) is 13.1 Å². The minimum Gasteiger partial charge on any atom is -0.342 e. The topological polar surface area (TPSA) is 77.0 Å². The minimum absolute atomic E-state index is 0.0492. The summed E-state index contributed by atoms with van der Waals surface area (Å²) < 4.78 is 48.6. The van der Waals surface area contributed by atoms with Crippen LogP contribution in [0.5, 0.6) is 0 Å². The summed E-state index contributed by atoms with van der Waals surface area (Å²) in [7, 11) is 0. The number of carbonyl (C=O) groups excluding carboxylic acids is 1. The third-order valence-corrected chi connectivity index (χ3v) is 5.87. The molecule has 1 amide bonds. The quantitative estimate of drug-likeness (QED) is 0.566. The third kappa shape index (κ3) is 4.49. The molecule has 0 N–H and O–H groups in total. The molecule has 7 nitrogen and oxygen atoms in total. The molecular formula is C22H26F3N5O2. The molecule has 0 spiro atoms. The van der Waals surface area contributed by atoms with Crippen LogP contribution in [0.1, 0.15) is 67.5 Å². The number of piperidine rings is 1. The fourth-order valence-corrected chi connectivity index (χ4v) is 4.17. The third-order valence-electron chi connectivity index (χ3n) is 5.87. The van der Waals surface area contributed by atoms with E-state index in [2.05, 4.69) is 15.2 Å². The summed E-state index contributed by atoms with van der Waals surface area (Å²) in [5.74, 6) is -0.573. The van der Waals surface area contributed by atoms with Crippen LogP contribution in [0, 0.1) is 6.92 Å². The van der Waals surface area contributed by atoms with Crippen LogP contribution in [0.4, 0.5) is 13.2 Å². The highest BCUT2D eigenvalue weighted by molar-refractivity contribution is 5.82. The summed E-state index contributed by atoms with van der Waals surface area (Å²) in [5, 5.41) is 8.09. The summed E-state index contributed by atoms with van der Waals surface area (Å²) in [5.41, 5.74) is 0.677. The molecule has 1 saturated heterocycles. The first-order valence-corrected chi connectivity index (χ1v) is 10.8. The van der Waals surface area contributed by atoms with Crippen LogP contribution in [-0.4, -0.2) is 43.8 Å². The average Bonchev–Trinajstić information content (AvgIpc) is 3.36. The highest BCUT2D eigenvalue weighted by Gasteiger charge is 2.38. The number of hydrogen-bond acceptors (Lipinski definition) is 5. The second kappa shape index (κ2) is 8.55. The number of pyridine rings is 1. The Labute approximate surface area is 183 Å². The number of halogens is 3. The van der Waals surface area contributed by atoms with E-state index >= 15 is 0 Å². The van der Waals surface area contributed by atoms with E-state index in [1.54, 1.807) is 29.6 Å². The molecule has 4 heterocycles. The van der Waals surface area contributed by atoms with Crippen molar-refractivity contribution < 1.29 is 22.5 Å². The molecule has 3 aromatic heterocycles. The Morgan fingerprint density at radius 3 is 2.78 bits per heavy atom. The molecule has 0 aromatic carbocycles. The highest BCUT2D eigenvalue weighted by atomic mass is 19.4. The number of alkyl halides is 3. The Morgan fingerprint density at radius 2 is 2.12 bits per heavy atom. The molecule has 0 bridgehead atoms. The Kier molecular flexibility index (Phi) is 5.96. The number of fused-ring (bicyclic) bond motifs is 1. The minimum atomic E-state index is -4.56. The molecule has 1 atom stereocenters. The molecular weight excluding hydrogens is 423 g/mol. The maximum Gasteiger partial charge on any atom is 0.417 e. The van der Waals surface area contributed by atoms with Gasteiger partial charge in [0.25, 0.3) is 5.71 Å². The maximum absolute atomic E-state index is 13.9. The molecule has 10 heteroatoms. The number of aryl methyl sites for hydroxylation is 2. The summed E-state index contributed by atoms with van der Waals surface area (Å²) in [6, 6.07) is 1.09.